The van der Waals surface area contributed by atoms with Crippen molar-refractivity contribution < 1.29 is 0 Å². The van der Waals surface area contributed by atoms with Crippen LogP contribution in [0.1, 0.15) is 0 Å². The van der Waals surface area contributed by atoms with Crippen molar-refractivity contribution in [3.8, 4) is 44.5 Å². The summed E-state index contributed by atoms with van der Waals surface area (Å²) in [6.45, 7) is 0. The zero-order valence-corrected chi connectivity index (χ0v) is 23.2. The molecule has 0 nitrogen and oxygen atoms in total. The maximum Gasteiger partial charge on any atom is -0.00141 e. The van der Waals surface area contributed by atoms with E-state index in [-0.39, 0.29) is 0 Å². The van der Waals surface area contributed by atoms with E-state index in [9.17, 15) is 0 Å². The van der Waals surface area contributed by atoms with Crippen LogP contribution in [0.25, 0.3) is 76.8 Å². The van der Waals surface area contributed by atoms with Crippen LogP contribution in [-0.4, -0.2) is 0 Å². The van der Waals surface area contributed by atoms with Crippen LogP contribution in [0.5, 0.6) is 0 Å². The second-order valence-electron chi connectivity index (χ2n) is 10.9. The molecule has 0 saturated heterocycles. The van der Waals surface area contributed by atoms with E-state index in [1.54, 1.807) is 0 Å². The summed E-state index contributed by atoms with van der Waals surface area (Å²) in [7, 11) is 0. The Hall–Kier alpha value is -5.46. The number of hydrogen-bond donors (Lipinski definition) is 0. The normalized spacial score (nSPS) is 11.3. The molecule has 0 aromatic heterocycles. The minimum Gasteiger partial charge on any atom is -0.0622 e. The Morgan fingerprint density at radius 2 is 0.714 bits per heavy atom. The van der Waals surface area contributed by atoms with Crippen molar-refractivity contribution in [2.24, 2.45) is 0 Å². The van der Waals surface area contributed by atoms with Crippen LogP contribution in [0.2, 0.25) is 0 Å². The number of hydrogen-bond acceptors (Lipinski definition) is 0. The minimum absolute atomic E-state index is 1.23. The molecule has 8 aromatic rings. The van der Waals surface area contributed by atoms with Crippen molar-refractivity contribution in [2.45, 2.75) is 0 Å². The molecule has 0 unspecified atom stereocenters. The number of fused-ring (bicyclic) bond motifs is 4. The quantitative estimate of drug-likeness (QED) is 0.156. The molecular formula is C42H28. The molecule has 0 saturated carbocycles. The summed E-state index contributed by atoms with van der Waals surface area (Å²) in [6.07, 6.45) is 0. The lowest BCUT2D eigenvalue weighted by atomic mass is 9.83. The van der Waals surface area contributed by atoms with Crippen LogP contribution < -0.4 is 0 Å². The molecule has 196 valence electrons. The number of benzene rings is 8. The molecule has 0 N–H and O–H groups in total. The molecule has 0 heterocycles. The molecular weight excluding hydrogens is 504 g/mol. The van der Waals surface area contributed by atoms with Crippen molar-refractivity contribution in [2.75, 3.05) is 0 Å². The van der Waals surface area contributed by atoms with E-state index in [0.29, 0.717) is 0 Å². The van der Waals surface area contributed by atoms with Crippen LogP contribution in [0, 0.1) is 0 Å². The Labute approximate surface area is 246 Å². The van der Waals surface area contributed by atoms with Gasteiger partial charge in [0.15, 0.2) is 0 Å². The summed E-state index contributed by atoms with van der Waals surface area (Å²) in [5.41, 5.74) is 9.95. The van der Waals surface area contributed by atoms with Crippen LogP contribution in [0.15, 0.2) is 170 Å². The van der Waals surface area contributed by atoms with Gasteiger partial charge in [-0.05, 0) is 82.9 Å². The van der Waals surface area contributed by atoms with Gasteiger partial charge in [-0.15, -0.1) is 0 Å². The Bertz CT molecular complexity index is 2190. The molecule has 0 fully saturated rings. The summed E-state index contributed by atoms with van der Waals surface area (Å²) < 4.78 is 0. The highest BCUT2D eigenvalue weighted by Gasteiger charge is 2.19. The molecule has 0 aliphatic heterocycles. The van der Waals surface area contributed by atoms with Gasteiger partial charge in [0.25, 0.3) is 0 Å². The molecule has 0 amide bonds. The second kappa shape index (κ2) is 10.2. The Morgan fingerprint density at radius 3 is 1.40 bits per heavy atom. The van der Waals surface area contributed by atoms with Crippen molar-refractivity contribution in [1.29, 1.82) is 0 Å². The van der Waals surface area contributed by atoms with E-state index in [4.69, 9.17) is 0 Å². The molecule has 0 spiro atoms. The first-order chi connectivity index (χ1) is 20.8. The first kappa shape index (κ1) is 24.3. The SMILES string of the molecule is c1ccc(-c2ccc(-c3c4ccc(-c5ccccc5)cc4c(-c4ccccc4)c4c3ccc3ccccc34)cc2)cc1. The lowest BCUT2D eigenvalue weighted by molar-refractivity contribution is 1.61. The van der Waals surface area contributed by atoms with E-state index in [1.807, 2.05) is 0 Å². The first-order valence-electron chi connectivity index (χ1n) is 14.5. The lowest BCUT2D eigenvalue weighted by Gasteiger charge is -2.20. The van der Waals surface area contributed by atoms with Gasteiger partial charge in [0.1, 0.15) is 0 Å². The van der Waals surface area contributed by atoms with Crippen molar-refractivity contribution in [3.05, 3.63) is 170 Å². The van der Waals surface area contributed by atoms with Crippen LogP contribution in [0.3, 0.4) is 0 Å². The van der Waals surface area contributed by atoms with Gasteiger partial charge >= 0.3 is 0 Å². The third-order valence-corrected chi connectivity index (χ3v) is 8.46. The van der Waals surface area contributed by atoms with E-state index in [1.165, 1.54) is 76.8 Å². The molecule has 0 heteroatoms. The molecule has 0 aliphatic carbocycles. The fraction of sp³-hybridized carbons (Fsp3) is 0. The summed E-state index contributed by atoms with van der Waals surface area (Å²) >= 11 is 0. The van der Waals surface area contributed by atoms with Gasteiger partial charge in [-0.2, -0.15) is 0 Å². The Balaban J connectivity index is 1.51. The average Bonchev–Trinajstić information content (AvgIpc) is 3.08. The predicted molar refractivity (Wildman–Crippen MR) is 181 cm³/mol. The second-order valence-corrected chi connectivity index (χ2v) is 10.9. The van der Waals surface area contributed by atoms with Crippen molar-refractivity contribution >= 4 is 32.3 Å². The van der Waals surface area contributed by atoms with E-state index in [0.717, 1.165) is 0 Å². The van der Waals surface area contributed by atoms with Gasteiger partial charge in [-0.1, -0.05) is 164 Å². The monoisotopic (exact) mass is 532 g/mol. The summed E-state index contributed by atoms with van der Waals surface area (Å²) in [5.74, 6) is 0. The largest absolute Gasteiger partial charge is 0.0622 e. The fourth-order valence-corrected chi connectivity index (χ4v) is 6.48. The smallest absolute Gasteiger partial charge is 0.00141 e. The highest BCUT2D eigenvalue weighted by molar-refractivity contribution is 6.28. The lowest BCUT2D eigenvalue weighted by Crippen LogP contribution is -1.93. The third-order valence-electron chi connectivity index (χ3n) is 8.46. The summed E-state index contributed by atoms with van der Waals surface area (Å²) in [6, 6.07) is 61.7. The standard InChI is InChI=1S/C42H28/c1-4-12-29(13-5-1)31-20-22-34(23-21-31)40-37-26-25-35(30-14-6-2-7-15-30)28-39(37)41(33-17-8-3-9-18-33)42-36-19-11-10-16-32(36)24-27-38(40)42/h1-28H. The van der Waals surface area contributed by atoms with Gasteiger partial charge in [-0.25, -0.2) is 0 Å². The van der Waals surface area contributed by atoms with Crippen LogP contribution >= 0.6 is 0 Å². The summed E-state index contributed by atoms with van der Waals surface area (Å²) in [5, 5.41) is 7.66. The first-order valence-corrected chi connectivity index (χ1v) is 14.5. The van der Waals surface area contributed by atoms with Gasteiger partial charge < -0.3 is 0 Å². The molecule has 8 rings (SSSR count). The predicted octanol–water partition coefficient (Wildman–Crippen LogP) is 11.8. The molecule has 0 aliphatic rings. The van der Waals surface area contributed by atoms with Gasteiger partial charge in [0.05, 0.1) is 0 Å². The van der Waals surface area contributed by atoms with Crippen molar-refractivity contribution in [1.82, 2.24) is 0 Å². The van der Waals surface area contributed by atoms with Gasteiger partial charge in [-0.3, -0.25) is 0 Å². The molecule has 0 bridgehead atoms. The maximum absolute atomic E-state index is 2.40. The Kier molecular flexibility index (Phi) is 5.90. The maximum atomic E-state index is 2.40. The van der Waals surface area contributed by atoms with E-state index < -0.39 is 0 Å². The Morgan fingerprint density at radius 1 is 0.238 bits per heavy atom. The molecule has 42 heavy (non-hydrogen) atoms. The van der Waals surface area contributed by atoms with Gasteiger partial charge in [0.2, 0.25) is 0 Å². The zero-order chi connectivity index (χ0) is 27.9. The topological polar surface area (TPSA) is 0 Å². The van der Waals surface area contributed by atoms with E-state index >= 15 is 0 Å². The molecule has 0 radical (unpaired) electrons. The van der Waals surface area contributed by atoms with Crippen LogP contribution in [0.4, 0.5) is 0 Å². The third kappa shape index (κ3) is 4.08. The van der Waals surface area contributed by atoms with Gasteiger partial charge in [0, 0.05) is 0 Å². The van der Waals surface area contributed by atoms with E-state index in [2.05, 4.69) is 170 Å². The molecule has 8 aromatic carbocycles. The minimum atomic E-state index is 1.23. The molecule has 0 atom stereocenters. The highest BCUT2D eigenvalue weighted by Crippen LogP contribution is 2.47. The zero-order valence-electron chi connectivity index (χ0n) is 23.2. The average molecular weight is 533 g/mol. The van der Waals surface area contributed by atoms with Crippen molar-refractivity contribution in [3.63, 3.8) is 0 Å². The summed E-state index contributed by atoms with van der Waals surface area (Å²) in [4.78, 5) is 0. The fourth-order valence-electron chi connectivity index (χ4n) is 6.48. The van der Waals surface area contributed by atoms with Crippen LogP contribution in [-0.2, 0) is 0 Å². The number of rotatable bonds is 4. The highest BCUT2D eigenvalue weighted by atomic mass is 14.2.